The maximum atomic E-state index is 12.9. The Hall–Kier alpha value is -3.28. The average Bonchev–Trinajstić information content (AvgIpc) is 3.25. The maximum Gasteiger partial charge on any atom is 0.289 e. The van der Waals surface area contributed by atoms with Crippen LogP contribution in [0.4, 0.5) is 0 Å². The molecule has 1 aliphatic heterocycles. The summed E-state index contributed by atoms with van der Waals surface area (Å²) in [6.07, 6.45) is 3.21. The lowest BCUT2D eigenvalue weighted by Crippen LogP contribution is -2.40. The number of para-hydroxylation sites is 1. The van der Waals surface area contributed by atoms with Gasteiger partial charge in [0.2, 0.25) is 5.91 Å². The highest BCUT2D eigenvalue weighted by Gasteiger charge is 2.26. The van der Waals surface area contributed by atoms with Crippen molar-refractivity contribution in [3.8, 4) is 5.75 Å². The third kappa shape index (κ3) is 5.26. The van der Waals surface area contributed by atoms with Gasteiger partial charge in [0.05, 0.1) is 7.11 Å². The van der Waals surface area contributed by atoms with E-state index >= 15 is 0 Å². The summed E-state index contributed by atoms with van der Waals surface area (Å²) in [5.74, 6) is 1.46. The van der Waals surface area contributed by atoms with E-state index in [2.05, 4.69) is 5.32 Å². The van der Waals surface area contributed by atoms with Crippen molar-refractivity contribution in [2.75, 3.05) is 20.2 Å². The first-order chi connectivity index (χ1) is 15.1. The Labute approximate surface area is 182 Å². The quantitative estimate of drug-likeness (QED) is 0.615. The fourth-order valence-electron chi connectivity index (χ4n) is 4.13. The van der Waals surface area contributed by atoms with Crippen molar-refractivity contribution in [1.29, 1.82) is 0 Å². The molecule has 0 radical (unpaired) electrons. The number of fused-ring (bicyclic) bond motifs is 1. The maximum absolute atomic E-state index is 12.9. The van der Waals surface area contributed by atoms with E-state index in [9.17, 15) is 9.59 Å². The number of likely N-dealkylation sites (tertiary alicyclic amines) is 1. The summed E-state index contributed by atoms with van der Waals surface area (Å²) in [6, 6.07) is 17.1. The van der Waals surface area contributed by atoms with Crippen molar-refractivity contribution in [2.24, 2.45) is 5.92 Å². The number of amides is 2. The number of nitrogens with one attached hydrogen (secondary N) is 1. The average molecular weight is 421 g/mol. The summed E-state index contributed by atoms with van der Waals surface area (Å²) in [5, 5.41) is 3.91. The largest absolute Gasteiger partial charge is 0.497 e. The van der Waals surface area contributed by atoms with Crippen molar-refractivity contribution in [3.63, 3.8) is 0 Å². The van der Waals surface area contributed by atoms with E-state index in [1.165, 1.54) is 0 Å². The topological polar surface area (TPSA) is 71.8 Å². The van der Waals surface area contributed by atoms with Crippen molar-refractivity contribution < 1.29 is 18.7 Å². The molecule has 0 bridgehead atoms. The van der Waals surface area contributed by atoms with E-state index in [1.807, 2.05) is 59.5 Å². The molecule has 2 aromatic carbocycles. The van der Waals surface area contributed by atoms with Crippen LogP contribution in [0.25, 0.3) is 11.0 Å². The van der Waals surface area contributed by atoms with Gasteiger partial charge in [0.25, 0.3) is 5.91 Å². The van der Waals surface area contributed by atoms with E-state index < -0.39 is 0 Å². The van der Waals surface area contributed by atoms with Gasteiger partial charge in [-0.15, -0.1) is 0 Å². The van der Waals surface area contributed by atoms with Crippen LogP contribution in [0.2, 0.25) is 0 Å². The fourth-order valence-corrected chi connectivity index (χ4v) is 4.13. The predicted octanol–water partition coefficient (Wildman–Crippen LogP) is 4.39. The van der Waals surface area contributed by atoms with Crippen LogP contribution in [-0.2, 0) is 11.3 Å². The molecule has 1 atom stereocenters. The van der Waals surface area contributed by atoms with Crippen molar-refractivity contribution in [1.82, 2.24) is 10.2 Å². The molecule has 1 aromatic heterocycles. The minimum absolute atomic E-state index is 0.0311. The summed E-state index contributed by atoms with van der Waals surface area (Å²) in [7, 11) is 1.63. The minimum Gasteiger partial charge on any atom is -0.497 e. The molecule has 1 N–H and O–H groups in total. The molecule has 0 spiro atoms. The van der Waals surface area contributed by atoms with E-state index in [0.29, 0.717) is 31.2 Å². The minimum atomic E-state index is -0.0663. The van der Waals surface area contributed by atoms with Gasteiger partial charge in [-0.05, 0) is 55.0 Å². The van der Waals surface area contributed by atoms with E-state index in [0.717, 1.165) is 48.1 Å². The summed E-state index contributed by atoms with van der Waals surface area (Å²) in [6.45, 7) is 1.88. The number of ether oxygens (including phenoxy) is 1. The van der Waals surface area contributed by atoms with Gasteiger partial charge in [0.15, 0.2) is 5.76 Å². The third-order valence-electron chi connectivity index (χ3n) is 5.85. The zero-order chi connectivity index (χ0) is 21.6. The Bertz CT molecular complexity index is 1030. The van der Waals surface area contributed by atoms with Crippen LogP contribution < -0.4 is 10.1 Å². The van der Waals surface area contributed by atoms with Crippen molar-refractivity contribution in [3.05, 3.63) is 65.9 Å². The van der Waals surface area contributed by atoms with Crippen LogP contribution >= 0.6 is 0 Å². The van der Waals surface area contributed by atoms with Crippen LogP contribution in [0.5, 0.6) is 5.75 Å². The second-order valence-electron chi connectivity index (χ2n) is 8.07. The molecule has 0 saturated carbocycles. The Balaban J connectivity index is 1.26. The van der Waals surface area contributed by atoms with Gasteiger partial charge in [-0.1, -0.05) is 30.3 Å². The van der Waals surface area contributed by atoms with Crippen LogP contribution in [0, 0.1) is 5.92 Å². The highest BCUT2D eigenvalue weighted by Crippen LogP contribution is 2.25. The molecule has 6 heteroatoms. The number of piperidine rings is 1. The molecule has 1 saturated heterocycles. The molecule has 31 heavy (non-hydrogen) atoms. The van der Waals surface area contributed by atoms with Crippen LogP contribution in [0.15, 0.2) is 59.0 Å². The monoisotopic (exact) mass is 420 g/mol. The zero-order valence-corrected chi connectivity index (χ0v) is 17.8. The lowest BCUT2D eigenvalue weighted by molar-refractivity contribution is -0.121. The predicted molar refractivity (Wildman–Crippen MR) is 119 cm³/mol. The Kier molecular flexibility index (Phi) is 6.55. The smallest absolute Gasteiger partial charge is 0.289 e. The fraction of sp³-hybridized carbons (Fsp3) is 0.360. The number of rotatable bonds is 7. The number of benzene rings is 2. The van der Waals surface area contributed by atoms with Gasteiger partial charge in [-0.3, -0.25) is 9.59 Å². The van der Waals surface area contributed by atoms with Gasteiger partial charge >= 0.3 is 0 Å². The number of hydrogen-bond acceptors (Lipinski definition) is 4. The number of nitrogens with zero attached hydrogens (tertiary/aromatic N) is 1. The molecule has 3 aromatic rings. The molecule has 2 amide bonds. The highest BCUT2D eigenvalue weighted by atomic mass is 16.5. The lowest BCUT2D eigenvalue weighted by atomic mass is 9.93. The van der Waals surface area contributed by atoms with Gasteiger partial charge in [-0.25, -0.2) is 0 Å². The van der Waals surface area contributed by atoms with Gasteiger partial charge < -0.3 is 19.4 Å². The summed E-state index contributed by atoms with van der Waals surface area (Å²) >= 11 is 0. The SMILES string of the molecule is COc1cccc(CNC(=O)CC[C@H]2CCCN(C(=O)c3cc4ccccc4o3)C2)c1. The first kappa shape index (κ1) is 21.0. The first-order valence-electron chi connectivity index (χ1n) is 10.8. The van der Waals surface area contributed by atoms with Crippen LogP contribution in [0.3, 0.4) is 0 Å². The van der Waals surface area contributed by atoms with Crippen LogP contribution in [-0.4, -0.2) is 36.9 Å². The van der Waals surface area contributed by atoms with Crippen LogP contribution in [0.1, 0.15) is 41.8 Å². The molecule has 162 valence electrons. The summed E-state index contributed by atoms with van der Waals surface area (Å²) < 4.78 is 11.0. The molecule has 0 unspecified atom stereocenters. The number of carbonyl (C=O) groups excluding carboxylic acids is 2. The molecule has 0 aliphatic carbocycles. The Morgan fingerprint density at radius 3 is 2.87 bits per heavy atom. The highest BCUT2D eigenvalue weighted by molar-refractivity contribution is 5.96. The summed E-state index contributed by atoms with van der Waals surface area (Å²) in [4.78, 5) is 27.1. The van der Waals surface area contributed by atoms with Gasteiger partial charge in [-0.2, -0.15) is 0 Å². The lowest BCUT2D eigenvalue weighted by Gasteiger charge is -2.32. The summed E-state index contributed by atoms with van der Waals surface area (Å²) in [5.41, 5.74) is 1.74. The van der Waals surface area contributed by atoms with E-state index in [-0.39, 0.29) is 11.8 Å². The van der Waals surface area contributed by atoms with Gasteiger partial charge in [0.1, 0.15) is 11.3 Å². The van der Waals surface area contributed by atoms with Gasteiger partial charge in [0, 0.05) is 31.4 Å². The Morgan fingerprint density at radius 2 is 2.03 bits per heavy atom. The molecule has 2 heterocycles. The number of carbonyl (C=O) groups is 2. The second-order valence-corrected chi connectivity index (χ2v) is 8.07. The van der Waals surface area contributed by atoms with Crippen molar-refractivity contribution >= 4 is 22.8 Å². The molecule has 1 aliphatic rings. The number of hydrogen-bond donors (Lipinski definition) is 1. The molecular formula is C25H28N2O4. The third-order valence-corrected chi connectivity index (χ3v) is 5.85. The number of methoxy groups -OCH3 is 1. The van der Waals surface area contributed by atoms with E-state index in [4.69, 9.17) is 9.15 Å². The first-order valence-corrected chi connectivity index (χ1v) is 10.8. The standard InChI is InChI=1S/C25H28N2O4/c1-30-21-9-4-6-19(14-21)16-26-24(28)12-11-18-7-5-13-27(17-18)25(29)23-15-20-8-2-3-10-22(20)31-23/h2-4,6,8-10,14-15,18H,5,7,11-13,16-17H2,1H3,(H,26,28)/t18-/m1/s1. The number of furan rings is 1. The molecule has 4 rings (SSSR count). The zero-order valence-electron chi connectivity index (χ0n) is 17.8. The van der Waals surface area contributed by atoms with E-state index in [1.54, 1.807) is 7.11 Å². The normalized spacial score (nSPS) is 16.3. The Morgan fingerprint density at radius 1 is 1.16 bits per heavy atom. The van der Waals surface area contributed by atoms with Crippen molar-refractivity contribution in [2.45, 2.75) is 32.2 Å². The second kappa shape index (κ2) is 9.69. The molecule has 1 fully saturated rings. The molecular weight excluding hydrogens is 392 g/mol. The molecule has 6 nitrogen and oxygen atoms in total.